The normalized spacial score (nSPS) is 25.5. The van der Waals surface area contributed by atoms with Crippen molar-refractivity contribution in [2.24, 2.45) is 23.5 Å². The Labute approximate surface area is 190 Å². The van der Waals surface area contributed by atoms with E-state index in [9.17, 15) is 0 Å². The van der Waals surface area contributed by atoms with Gasteiger partial charge in [0, 0.05) is 0 Å². The Kier molecular flexibility index (Phi) is 17.3. The van der Waals surface area contributed by atoms with Gasteiger partial charge in [-0.05, 0) is 86.9 Å². The first-order valence-electron chi connectivity index (χ1n) is 13.2. The van der Waals surface area contributed by atoms with Crippen molar-refractivity contribution < 1.29 is 0 Å². The predicted octanol–water partition coefficient (Wildman–Crippen LogP) is 9.20. The van der Waals surface area contributed by atoms with E-state index in [0.29, 0.717) is 0 Å². The van der Waals surface area contributed by atoms with Gasteiger partial charge in [0.1, 0.15) is 0 Å². The lowest BCUT2D eigenvalue weighted by molar-refractivity contribution is 0.237. The Balaban J connectivity index is 0.00000108. The third-order valence-corrected chi connectivity index (χ3v) is 6.97. The molecule has 3 rings (SSSR count). The predicted molar refractivity (Wildman–Crippen MR) is 138 cm³/mol. The fraction of sp³-hybridized carbons (Fsp3) is 0.793. The quantitative estimate of drug-likeness (QED) is 0.519. The molecule has 176 valence electrons. The molecule has 0 radical (unpaired) electrons. The molecule has 2 aliphatic rings. The van der Waals surface area contributed by atoms with E-state index in [4.69, 9.17) is 0 Å². The van der Waals surface area contributed by atoms with Crippen LogP contribution in [0.3, 0.4) is 0 Å². The van der Waals surface area contributed by atoms with Gasteiger partial charge in [-0.1, -0.05) is 97.8 Å². The molecule has 30 heavy (non-hydrogen) atoms. The number of benzene rings is 1. The number of nitrogens with two attached hydrogens (primary N) is 1. The van der Waals surface area contributed by atoms with Gasteiger partial charge < -0.3 is 5.73 Å². The minimum Gasteiger partial charge on any atom is -0.333 e. The molecular weight excluding hydrogens is 362 g/mol. The largest absolute Gasteiger partial charge is 0.333 e. The summed E-state index contributed by atoms with van der Waals surface area (Å²) in [5.74, 6) is 3.92. The highest BCUT2D eigenvalue weighted by Crippen LogP contribution is 2.40. The van der Waals surface area contributed by atoms with E-state index >= 15 is 0 Å². The Morgan fingerprint density at radius 3 is 1.60 bits per heavy atom. The maximum absolute atomic E-state index is 4.50. The second-order valence-corrected chi connectivity index (χ2v) is 9.47. The molecule has 2 N–H and O–H groups in total. The van der Waals surface area contributed by atoms with Crippen LogP contribution in [0.5, 0.6) is 0 Å². The van der Waals surface area contributed by atoms with Gasteiger partial charge in [0.15, 0.2) is 0 Å². The van der Waals surface area contributed by atoms with E-state index in [2.05, 4.69) is 58.6 Å². The van der Waals surface area contributed by atoms with Gasteiger partial charge >= 0.3 is 0 Å². The minimum absolute atomic E-state index is 0.834. The van der Waals surface area contributed by atoms with Gasteiger partial charge in [0.2, 0.25) is 0 Å². The van der Waals surface area contributed by atoms with Gasteiger partial charge in [-0.2, -0.15) is 0 Å². The maximum atomic E-state index is 4.50. The van der Waals surface area contributed by atoms with Gasteiger partial charge in [-0.15, -0.1) is 0 Å². The van der Waals surface area contributed by atoms with Crippen LogP contribution >= 0.6 is 0 Å². The molecule has 1 aromatic rings. The molecule has 0 heterocycles. The third kappa shape index (κ3) is 11.0. The summed E-state index contributed by atoms with van der Waals surface area (Å²) >= 11 is 0. The van der Waals surface area contributed by atoms with Crippen molar-refractivity contribution in [2.45, 2.75) is 125 Å². The molecule has 1 heteroatoms. The van der Waals surface area contributed by atoms with E-state index in [1.165, 1.54) is 88.8 Å². The topological polar surface area (TPSA) is 26.0 Å². The molecule has 0 amide bonds. The Bertz CT molecular complexity index is 505. The summed E-state index contributed by atoms with van der Waals surface area (Å²) in [6, 6.07) is 7.15. The molecule has 0 bridgehead atoms. The van der Waals surface area contributed by atoms with E-state index < -0.39 is 0 Å². The van der Waals surface area contributed by atoms with Crippen LogP contribution in [0.25, 0.3) is 0 Å². The fourth-order valence-electron chi connectivity index (χ4n) is 4.89. The van der Waals surface area contributed by atoms with Crippen LogP contribution in [0.4, 0.5) is 0 Å². The molecule has 2 saturated carbocycles. The average Bonchev–Trinajstić information content (AvgIpc) is 2.79. The standard InChI is InChI=1S/C23H36.C3H8.C2H6.CH5N/c1-17-4-7-20(8-5-17)9-10-21-11-14-22(15-12-21)23-13-6-18(2)19(3)16-23;1-3-2;2*1-2/h6,13,16-17,20-22H,4-5,7-12,14-15H2,1-3H3;3H2,1-2H3;1-2H3;2H2,1H3. The minimum atomic E-state index is 0.834. The summed E-state index contributed by atoms with van der Waals surface area (Å²) in [5, 5.41) is 0. The molecule has 0 spiro atoms. The molecule has 0 unspecified atom stereocenters. The van der Waals surface area contributed by atoms with Crippen molar-refractivity contribution in [1.29, 1.82) is 0 Å². The lowest BCUT2D eigenvalue weighted by Crippen LogP contribution is -2.17. The summed E-state index contributed by atoms with van der Waals surface area (Å²) in [6.07, 6.45) is 16.1. The monoisotopic (exact) mass is 417 g/mol. The molecule has 1 nitrogen and oxygen atoms in total. The highest BCUT2D eigenvalue weighted by atomic mass is 14.4. The highest BCUT2D eigenvalue weighted by Gasteiger charge is 2.24. The molecule has 2 aliphatic carbocycles. The summed E-state index contributed by atoms with van der Waals surface area (Å²) in [5.41, 5.74) is 9.01. The summed E-state index contributed by atoms with van der Waals surface area (Å²) in [4.78, 5) is 0. The zero-order valence-corrected chi connectivity index (χ0v) is 21.9. The fourth-order valence-corrected chi connectivity index (χ4v) is 4.89. The molecule has 0 atom stereocenters. The van der Waals surface area contributed by atoms with Gasteiger partial charge in [0.25, 0.3) is 0 Å². The second-order valence-electron chi connectivity index (χ2n) is 9.47. The van der Waals surface area contributed by atoms with Crippen LogP contribution in [-0.4, -0.2) is 7.05 Å². The smallest absolute Gasteiger partial charge is 0.0162 e. The number of rotatable bonds is 4. The lowest BCUT2D eigenvalue weighted by Gasteiger charge is -2.31. The van der Waals surface area contributed by atoms with Crippen molar-refractivity contribution in [2.75, 3.05) is 7.05 Å². The number of hydrogen-bond donors (Lipinski definition) is 1. The zero-order valence-electron chi connectivity index (χ0n) is 21.9. The van der Waals surface area contributed by atoms with Gasteiger partial charge in [-0.25, -0.2) is 0 Å². The first kappa shape index (κ1) is 29.2. The maximum Gasteiger partial charge on any atom is -0.0162 e. The first-order valence-corrected chi connectivity index (χ1v) is 13.2. The molecule has 0 saturated heterocycles. The van der Waals surface area contributed by atoms with E-state index in [0.717, 1.165) is 23.7 Å². The van der Waals surface area contributed by atoms with Crippen molar-refractivity contribution in [3.63, 3.8) is 0 Å². The first-order chi connectivity index (χ1) is 14.5. The van der Waals surface area contributed by atoms with E-state index in [1.807, 2.05) is 13.8 Å². The number of aryl methyl sites for hydroxylation is 2. The Morgan fingerprint density at radius 1 is 0.733 bits per heavy atom. The van der Waals surface area contributed by atoms with E-state index in [-0.39, 0.29) is 0 Å². The van der Waals surface area contributed by atoms with Crippen molar-refractivity contribution >= 4 is 0 Å². The third-order valence-electron chi connectivity index (χ3n) is 6.97. The van der Waals surface area contributed by atoms with Crippen LogP contribution in [0, 0.1) is 31.6 Å². The van der Waals surface area contributed by atoms with Gasteiger partial charge in [0.05, 0.1) is 0 Å². The van der Waals surface area contributed by atoms with E-state index in [1.54, 1.807) is 5.56 Å². The average molecular weight is 418 g/mol. The molecule has 1 aromatic carbocycles. The molecule has 2 fully saturated rings. The van der Waals surface area contributed by atoms with Crippen LogP contribution < -0.4 is 5.73 Å². The summed E-state index contributed by atoms with van der Waals surface area (Å²) in [7, 11) is 1.50. The SMILES string of the molecule is CC.CCC.CN.Cc1ccc(C2CCC(CCC3CCC(C)CC3)CC2)cc1C. The van der Waals surface area contributed by atoms with Crippen LogP contribution in [0.15, 0.2) is 18.2 Å². The zero-order chi connectivity index (χ0) is 22.9. The summed E-state index contributed by atoms with van der Waals surface area (Å²) in [6.45, 7) is 15.2. The van der Waals surface area contributed by atoms with Crippen LogP contribution in [0.1, 0.15) is 128 Å². The Morgan fingerprint density at radius 2 is 1.17 bits per heavy atom. The van der Waals surface area contributed by atoms with Crippen molar-refractivity contribution in [3.05, 3.63) is 34.9 Å². The number of hydrogen-bond acceptors (Lipinski definition) is 1. The van der Waals surface area contributed by atoms with Crippen LogP contribution in [0.2, 0.25) is 0 Å². The lowest BCUT2D eigenvalue weighted by atomic mass is 9.74. The molecular formula is C29H55N. The van der Waals surface area contributed by atoms with Crippen LogP contribution in [-0.2, 0) is 0 Å². The Hall–Kier alpha value is -0.820. The van der Waals surface area contributed by atoms with Crippen molar-refractivity contribution in [3.8, 4) is 0 Å². The van der Waals surface area contributed by atoms with Crippen molar-refractivity contribution in [1.82, 2.24) is 0 Å². The highest BCUT2D eigenvalue weighted by molar-refractivity contribution is 5.32. The molecule has 0 aliphatic heterocycles. The summed E-state index contributed by atoms with van der Waals surface area (Å²) < 4.78 is 0. The van der Waals surface area contributed by atoms with Gasteiger partial charge in [-0.3, -0.25) is 0 Å². The molecule has 0 aromatic heterocycles. The second kappa shape index (κ2) is 17.8.